The molecule has 6 nitrogen and oxygen atoms in total. The molecular weight excluding hydrogens is 428 g/mol. The first-order chi connectivity index (χ1) is 16.6. The molecule has 0 fully saturated rings. The fourth-order valence-electron chi connectivity index (χ4n) is 3.52. The van der Waals surface area contributed by atoms with E-state index >= 15 is 0 Å². The molecule has 0 aliphatic carbocycles. The predicted molar refractivity (Wildman–Crippen MR) is 131 cm³/mol. The monoisotopic (exact) mass is 450 g/mol. The van der Waals surface area contributed by atoms with Gasteiger partial charge in [0.15, 0.2) is 5.75 Å². The Bertz CT molecular complexity index is 1310. The summed E-state index contributed by atoms with van der Waals surface area (Å²) in [7, 11) is 0. The minimum atomic E-state index is 0.241. The van der Waals surface area contributed by atoms with Crippen molar-refractivity contribution in [3.05, 3.63) is 109 Å². The lowest BCUT2D eigenvalue weighted by atomic mass is 10.1. The van der Waals surface area contributed by atoms with E-state index in [0.717, 1.165) is 22.3 Å². The molecule has 0 spiro atoms. The van der Waals surface area contributed by atoms with Crippen LogP contribution in [-0.4, -0.2) is 21.3 Å². The van der Waals surface area contributed by atoms with Crippen LogP contribution in [0.5, 0.6) is 23.0 Å². The number of rotatable bonds is 5. The zero-order valence-corrected chi connectivity index (χ0v) is 18.2. The maximum Gasteiger partial charge on any atom is 0.219 e. The summed E-state index contributed by atoms with van der Waals surface area (Å²) < 4.78 is 5.94. The second-order valence-corrected chi connectivity index (χ2v) is 7.72. The lowest BCUT2D eigenvalue weighted by Crippen LogP contribution is -2.23. The number of hydrazone groups is 1. The Hall–Kier alpha value is -4.71. The summed E-state index contributed by atoms with van der Waals surface area (Å²) in [6.07, 6.45) is 4.21. The van der Waals surface area contributed by atoms with E-state index in [4.69, 9.17) is 9.57 Å². The first kappa shape index (κ1) is 21.2. The van der Waals surface area contributed by atoms with Crippen molar-refractivity contribution in [3.63, 3.8) is 0 Å². The van der Waals surface area contributed by atoms with Gasteiger partial charge in [0.05, 0.1) is 6.20 Å². The van der Waals surface area contributed by atoms with Gasteiger partial charge in [-0.3, -0.25) is 0 Å². The van der Waals surface area contributed by atoms with E-state index in [9.17, 15) is 10.2 Å². The van der Waals surface area contributed by atoms with Gasteiger partial charge < -0.3 is 19.8 Å². The number of benzene rings is 4. The summed E-state index contributed by atoms with van der Waals surface area (Å²) in [6, 6.07) is 29.4. The van der Waals surface area contributed by atoms with Crippen molar-refractivity contribution in [1.29, 1.82) is 0 Å². The third kappa shape index (κ3) is 5.02. The zero-order valence-electron chi connectivity index (χ0n) is 18.2. The molecule has 1 aliphatic rings. The molecule has 2 N–H and O–H groups in total. The van der Waals surface area contributed by atoms with Gasteiger partial charge in [0.2, 0.25) is 5.90 Å². The maximum atomic E-state index is 9.45. The molecule has 0 radical (unpaired) electrons. The largest absolute Gasteiger partial charge is 0.508 e. The molecule has 0 bridgehead atoms. The van der Waals surface area contributed by atoms with E-state index in [1.807, 2.05) is 78.9 Å². The SMILES string of the molecule is Oc1ccc(-c2ccc(OC3=NN(Oc4ccc(-c5ccc(O)cc5)cc4)C=CC3)cc2)cc1. The summed E-state index contributed by atoms with van der Waals surface area (Å²) in [5, 5.41) is 24.7. The first-order valence-corrected chi connectivity index (χ1v) is 10.8. The second kappa shape index (κ2) is 9.42. The Morgan fingerprint density at radius 2 is 1.03 bits per heavy atom. The molecule has 34 heavy (non-hydrogen) atoms. The van der Waals surface area contributed by atoms with Gasteiger partial charge in [0, 0.05) is 6.42 Å². The number of hydrogen-bond donors (Lipinski definition) is 2. The van der Waals surface area contributed by atoms with Crippen molar-refractivity contribution in [2.24, 2.45) is 5.10 Å². The predicted octanol–water partition coefficient (Wildman–Crippen LogP) is 6.34. The average molecular weight is 450 g/mol. The molecule has 0 atom stereocenters. The van der Waals surface area contributed by atoms with Crippen LogP contribution in [0.2, 0.25) is 0 Å². The average Bonchev–Trinajstić information content (AvgIpc) is 2.86. The van der Waals surface area contributed by atoms with Gasteiger partial charge in [-0.1, -0.05) is 59.8 Å². The van der Waals surface area contributed by atoms with Crippen LogP contribution in [0.4, 0.5) is 0 Å². The van der Waals surface area contributed by atoms with Gasteiger partial charge in [-0.25, -0.2) is 0 Å². The van der Waals surface area contributed by atoms with Gasteiger partial charge in [0.25, 0.3) is 0 Å². The lowest BCUT2D eigenvalue weighted by molar-refractivity contribution is -0.00875. The van der Waals surface area contributed by atoms with Crippen LogP contribution in [0.1, 0.15) is 6.42 Å². The Morgan fingerprint density at radius 1 is 0.588 bits per heavy atom. The van der Waals surface area contributed by atoms with Crippen molar-refractivity contribution in [3.8, 4) is 45.3 Å². The molecule has 168 valence electrons. The maximum absolute atomic E-state index is 9.45. The molecule has 4 aromatic carbocycles. The summed E-state index contributed by atoms with van der Waals surface area (Å²) in [6.45, 7) is 0. The minimum Gasteiger partial charge on any atom is -0.508 e. The standard InChI is InChI=1S/C28H22N2O4/c31-24-11-3-20(4-12-24)22-7-15-26(16-8-22)33-28-2-1-19-30(29-28)34-27-17-9-23(10-18-27)21-5-13-25(32)14-6-21/h1,3-19,31-32H,2H2. The Labute approximate surface area is 197 Å². The number of aromatic hydroxyl groups is 2. The van der Waals surface area contributed by atoms with Crippen molar-refractivity contribution < 1.29 is 19.8 Å². The van der Waals surface area contributed by atoms with Crippen LogP contribution in [0.25, 0.3) is 22.3 Å². The van der Waals surface area contributed by atoms with E-state index in [1.54, 1.807) is 30.5 Å². The summed E-state index contributed by atoms with van der Waals surface area (Å²) >= 11 is 0. The van der Waals surface area contributed by atoms with Gasteiger partial charge in [0.1, 0.15) is 17.2 Å². The van der Waals surface area contributed by atoms with E-state index < -0.39 is 0 Å². The number of phenols is 2. The van der Waals surface area contributed by atoms with Gasteiger partial charge in [-0.15, -0.1) is 5.10 Å². The molecule has 0 amide bonds. The second-order valence-electron chi connectivity index (χ2n) is 7.72. The highest BCUT2D eigenvalue weighted by atomic mass is 16.7. The normalized spacial score (nSPS) is 12.8. The Kier molecular flexibility index (Phi) is 5.86. The zero-order chi connectivity index (χ0) is 23.3. The highest BCUT2D eigenvalue weighted by Gasteiger charge is 2.12. The number of ether oxygens (including phenoxy) is 1. The first-order valence-electron chi connectivity index (χ1n) is 10.8. The third-order valence-electron chi connectivity index (χ3n) is 5.28. The van der Waals surface area contributed by atoms with Crippen LogP contribution >= 0.6 is 0 Å². The highest BCUT2D eigenvalue weighted by Crippen LogP contribution is 2.26. The van der Waals surface area contributed by atoms with E-state index in [1.165, 1.54) is 5.17 Å². The molecule has 5 rings (SSSR count). The number of phenolic OH excluding ortho intramolecular Hbond substituents is 2. The topological polar surface area (TPSA) is 74.5 Å². The molecule has 0 saturated heterocycles. The van der Waals surface area contributed by atoms with Gasteiger partial charge in [-0.2, -0.15) is 0 Å². The van der Waals surface area contributed by atoms with Gasteiger partial charge in [-0.05, 0) is 70.8 Å². The number of nitrogens with zero attached hydrogens (tertiary/aromatic N) is 2. The molecule has 1 heterocycles. The molecule has 0 aromatic heterocycles. The number of hydrogen-bond acceptors (Lipinski definition) is 6. The smallest absolute Gasteiger partial charge is 0.219 e. The Balaban J connectivity index is 1.22. The Morgan fingerprint density at radius 3 is 1.53 bits per heavy atom. The van der Waals surface area contributed by atoms with Crippen molar-refractivity contribution in [1.82, 2.24) is 5.17 Å². The fraction of sp³-hybridized carbons (Fsp3) is 0.0357. The molecule has 0 unspecified atom stereocenters. The van der Waals surface area contributed by atoms with Crippen LogP contribution in [0, 0.1) is 0 Å². The van der Waals surface area contributed by atoms with Crippen LogP contribution in [0.15, 0.2) is 114 Å². The van der Waals surface area contributed by atoms with E-state index in [-0.39, 0.29) is 11.5 Å². The molecule has 0 saturated carbocycles. The molecular formula is C28H22N2O4. The minimum absolute atomic E-state index is 0.241. The van der Waals surface area contributed by atoms with Crippen molar-refractivity contribution >= 4 is 5.90 Å². The third-order valence-corrected chi connectivity index (χ3v) is 5.28. The molecule has 6 heteroatoms. The van der Waals surface area contributed by atoms with Crippen LogP contribution in [-0.2, 0) is 0 Å². The van der Waals surface area contributed by atoms with E-state index in [2.05, 4.69) is 5.10 Å². The lowest BCUT2D eigenvalue weighted by Gasteiger charge is -2.20. The van der Waals surface area contributed by atoms with Gasteiger partial charge >= 0.3 is 0 Å². The van der Waals surface area contributed by atoms with Crippen molar-refractivity contribution in [2.45, 2.75) is 6.42 Å². The summed E-state index contributed by atoms with van der Waals surface area (Å²) in [5.41, 5.74) is 4.06. The summed E-state index contributed by atoms with van der Waals surface area (Å²) in [4.78, 5) is 5.84. The fourth-order valence-corrected chi connectivity index (χ4v) is 3.52. The molecule has 1 aliphatic heterocycles. The van der Waals surface area contributed by atoms with Crippen LogP contribution < -0.4 is 9.57 Å². The molecule has 4 aromatic rings. The quantitative estimate of drug-likeness (QED) is 0.371. The van der Waals surface area contributed by atoms with Crippen LogP contribution in [0.3, 0.4) is 0 Å². The number of hydroxylamine groups is 1. The summed E-state index contributed by atoms with van der Waals surface area (Å²) in [5.74, 6) is 2.31. The highest BCUT2D eigenvalue weighted by molar-refractivity contribution is 5.80. The van der Waals surface area contributed by atoms with Crippen molar-refractivity contribution in [2.75, 3.05) is 0 Å². The van der Waals surface area contributed by atoms with E-state index in [0.29, 0.717) is 23.8 Å².